The number of rotatable bonds is 19. The summed E-state index contributed by atoms with van der Waals surface area (Å²) in [7, 11) is 0. The molecule has 14 aromatic rings. The van der Waals surface area contributed by atoms with Crippen LogP contribution in [0.15, 0.2) is 328 Å². The van der Waals surface area contributed by atoms with Crippen LogP contribution in [0.5, 0.6) is 0 Å². The van der Waals surface area contributed by atoms with Crippen LogP contribution >= 0.6 is 0 Å². The summed E-state index contributed by atoms with van der Waals surface area (Å²) in [5.41, 5.74) is 15.1. The molecule has 4 N–H and O–H groups in total. The summed E-state index contributed by atoms with van der Waals surface area (Å²) in [6.07, 6.45) is 11.7. The molecule has 0 aliphatic rings. The largest absolute Gasteiger partial charge is 0.478 e. The van der Waals surface area contributed by atoms with Crippen molar-refractivity contribution in [3.8, 4) is 22.5 Å². The van der Waals surface area contributed by atoms with Crippen LogP contribution in [0.25, 0.3) is 56.5 Å². The summed E-state index contributed by atoms with van der Waals surface area (Å²) in [5, 5.41) is 49.2. The normalized spacial score (nSPS) is 12.0. The molecule has 0 saturated carbocycles. The van der Waals surface area contributed by atoms with E-state index in [0.29, 0.717) is 33.2 Å². The van der Waals surface area contributed by atoms with Crippen molar-refractivity contribution in [2.24, 2.45) is 5.73 Å². The molecule has 2 atom stereocenters. The van der Waals surface area contributed by atoms with E-state index in [9.17, 15) is 34.9 Å². The van der Waals surface area contributed by atoms with Crippen LogP contribution in [-0.2, 0) is 20.7 Å². The standard InChI is InChI=1S/C42H33N5O3.C34H24N4O4.C8H11N/c1-30(31-14-6-2-7-15-31)44-40(48)23-22-33-28-37-39(29-38(33)47(49)50)46(45-41(37)32-24-26-43-27-25-32)42(34-16-8-3-9-17-34,35-18-10-4-11-19-35)36-20-12-5-13-21-36;39-32(40)17-16-25-22-29-31(23-30(25)38(41)42)37(36-33(29)24-18-20-35-21-19-24)34(26-10-4-1-5-11-26,27-12-6-2-7-13-27)28-14-8-3-9-15-28;1-7(9)8-5-3-2-4-6-8/h2-30H,1H3,(H,44,48);1-23H,(H,39,40);2-7H,9H2,1H3/b23-22+;17-16+;/t30-;;7-/m1.1/s1. The Morgan fingerprint density at radius 3 is 1.03 bits per heavy atom. The lowest BCUT2D eigenvalue weighted by atomic mass is 9.77. The summed E-state index contributed by atoms with van der Waals surface area (Å²) in [5.74, 6) is -1.57. The Hall–Kier alpha value is -13.4. The second kappa shape index (κ2) is 30.8. The van der Waals surface area contributed by atoms with Gasteiger partial charge in [0.15, 0.2) is 0 Å². The zero-order valence-corrected chi connectivity index (χ0v) is 55.0. The number of amides is 1. The molecule has 10 aromatic carbocycles. The van der Waals surface area contributed by atoms with Crippen molar-refractivity contribution in [2.75, 3.05) is 0 Å². The number of carboxylic acids is 1. The lowest BCUT2D eigenvalue weighted by Crippen LogP contribution is -2.38. The van der Waals surface area contributed by atoms with E-state index < -0.39 is 26.9 Å². The van der Waals surface area contributed by atoms with Gasteiger partial charge in [-0.2, -0.15) is 10.2 Å². The fraction of sp³-hybridized carbons (Fsp3) is 0.0714. The Balaban J connectivity index is 0.000000172. The average Bonchev–Trinajstić information content (AvgIpc) is 1.64. The predicted octanol–water partition coefficient (Wildman–Crippen LogP) is 17.4. The predicted molar refractivity (Wildman–Crippen MR) is 396 cm³/mol. The van der Waals surface area contributed by atoms with Crippen molar-refractivity contribution >= 4 is 57.2 Å². The highest BCUT2D eigenvalue weighted by molar-refractivity contribution is 6.00. The quantitative estimate of drug-likeness (QED) is 0.0296. The number of fused-ring (bicyclic) bond motifs is 2. The molecule has 0 aliphatic carbocycles. The number of aromatic nitrogens is 6. The van der Waals surface area contributed by atoms with Crippen molar-refractivity contribution in [2.45, 2.75) is 37.0 Å². The number of carbonyl (C=O) groups is 2. The van der Waals surface area contributed by atoms with Gasteiger partial charge in [0.25, 0.3) is 11.4 Å². The molecular weight excluding hydrogens is 1260 g/mol. The van der Waals surface area contributed by atoms with Crippen molar-refractivity contribution in [3.63, 3.8) is 0 Å². The summed E-state index contributed by atoms with van der Waals surface area (Å²) >= 11 is 0. The van der Waals surface area contributed by atoms with Gasteiger partial charge in [-0.3, -0.25) is 35.0 Å². The number of nitrogens with two attached hydrogens (primary N) is 1. The Kier molecular flexibility index (Phi) is 20.6. The first-order chi connectivity index (χ1) is 49.3. The van der Waals surface area contributed by atoms with Gasteiger partial charge in [0, 0.05) is 77.0 Å². The van der Waals surface area contributed by atoms with Gasteiger partial charge in [-0.15, -0.1) is 0 Å². The fourth-order valence-corrected chi connectivity index (χ4v) is 12.9. The monoisotopic (exact) mass is 1330 g/mol. The minimum absolute atomic E-state index is 0.150. The summed E-state index contributed by atoms with van der Waals surface area (Å²) in [6, 6.07) is 93.3. The maximum absolute atomic E-state index is 13.0. The minimum Gasteiger partial charge on any atom is -0.478 e. The number of hydrogen-bond acceptors (Lipinski definition) is 11. The van der Waals surface area contributed by atoms with Gasteiger partial charge < -0.3 is 16.2 Å². The van der Waals surface area contributed by atoms with Crippen molar-refractivity contribution < 1.29 is 24.5 Å². The summed E-state index contributed by atoms with van der Waals surface area (Å²) < 4.78 is 3.77. The third-order valence-electron chi connectivity index (χ3n) is 17.5. The van der Waals surface area contributed by atoms with Crippen LogP contribution in [0.2, 0.25) is 0 Å². The molecule has 0 bridgehead atoms. The molecular formula is C84H68N10O7. The maximum atomic E-state index is 13.0. The zero-order chi connectivity index (χ0) is 70.3. The van der Waals surface area contributed by atoms with Crippen molar-refractivity contribution in [1.29, 1.82) is 0 Å². The number of nitrogens with one attached hydrogen (secondary N) is 1. The first kappa shape index (κ1) is 67.6. The highest BCUT2D eigenvalue weighted by Gasteiger charge is 2.43. The molecule has 0 spiro atoms. The van der Waals surface area contributed by atoms with Crippen LogP contribution in [-0.4, -0.2) is 56.4 Å². The Bertz CT molecular complexity index is 5030. The molecule has 496 valence electrons. The number of aliphatic carboxylic acids is 1. The Morgan fingerprint density at radius 1 is 0.446 bits per heavy atom. The van der Waals surface area contributed by atoms with E-state index in [-0.39, 0.29) is 40.5 Å². The van der Waals surface area contributed by atoms with Crippen LogP contribution in [0.3, 0.4) is 0 Å². The molecule has 0 unspecified atom stereocenters. The van der Waals surface area contributed by atoms with Crippen molar-refractivity contribution in [3.05, 3.63) is 404 Å². The first-order valence-electron chi connectivity index (χ1n) is 32.6. The van der Waals surface area contributed by atoms with E-state index in [0.717, 1.165) is 56.1 Å². The third-order valence-corrected chi connectivity index (χ3v) is 17.5. The van der Waals surface area contributed by atoms with Crippen LogP contribution in [0, 0.1) is 20.2 Å². The summed E-state index contributed by atoms with van der Waals surface area (Å²) in [6.45, 7) is 3.87. The third kappa shape index (κ3) is 14.3. The highest BCUT2D eigenvalue weighted by Crippen LogP contribution is 2.47. The molecule has 14 rings (SSSR count). The highest BCUT2D eigenvalue weighted by atomic mass is 16.6. The lowest BCUT2D eigenvalue weighted by molar-refractivity contribution is -0.385. The molecule has 0 saturated heterocycles. The molecule has 17 heteroatoms. The van der Waals surface area contributed by atoms with Gasteiger partial charge in [-0.05, 0) is 107 Å². The fourth-order valence-electron chi connectivity index (χ4n) is 12.9. The molecule has 0 aliphatic heterocycles. The van der Waals surface area contributed by atoms with Crippen molar-refractivity contribution in [1.82, 2.24) is 34.8 Å². The molecule has 4 heterocycles. The number of pyridine rings is 2. The smallest absolute Gasteiger partial charge is 0.328 e. The molecule has 4 aromatic heterocycles. The van der Waals surface area contributed by atoms with E-state index in [2.05, 4.69) is 51.7 Å². The minimum atomic E-state index is -1.20. The molecule has 17 nitrogen and oxygen atoms in total. The van der Waals surface area contributed by atoms with Crippen LogP contribution in [0.1, 0.15) is 81.6 Å². The number of nitro groups is 2. The number of carboxylic acid groups (broad SMARTS) is 1. The van der Waals surface area contributed by atoms with Gasteiger partial charge in [-0.1, -0.05) is 243 Å². The topological polar surface area (TPSA) is 240 Å². The van der Waals surface area contributed by atoms with Gasteiger partial charge in [0.1, 0.15) is 22.5 Å². The molecule has 101 heavy (non-hydrogen) atoms. The zero-order valence-electron chi connectivity index (χ0n) is 55.0. The number of hydrogen-bond donors (Lipinski definition) is 3. The number of carbonyl (C=O) groups excluding carboxylic acids is 1. The van der Waals surface area contributed by atoms with E-state index >= 15 is 0 Å². The Labute approximate surface area is 582 Å². The van der Waals surface area contributed by atoms with E-state index in [1.165, 1.54) is 29.9 Å². The van der Waals surface area contributed by atoms with E-state index in [1.807, 2.05) is 254 Å². The number of nitrogens with zero attached hydrogens (tertiary/aromatic N) is 8. The molecule has 0 radical (unpaired) electrons. The molecule has 0 fully saturated rings. The number of benzene rings is 10. The van der Waals surface area contributed by atoms with E-state index in [1.54, 1.807) is 43.0 Å². The van der Waals surface area contributed by atoms with Gasteiger partial charge in [0.05, 0.1) is 38.0 Å². The maximum Gasteiger partial charge on any atom is 0.328 e. The van der Waals surface area contributed by atoms with Gasteiger partial charge in [-0.25, -0.2) is 14.2 Å². The average molecular weight is 1330 g/mol. The second-order valence-electron chi connectivity index (χ2n) is 23.8. The first-order valence-corrected chi connectivity index (χ1v) is 32.6. The van der Waals surface area contributed by atoms with Crippen LogP contribution < -0.4 is 11.1 Å². The SMILES string of the molecule is C[C@@H](N)c1ccccc1.C[C@@H](NC(=O)/C=C/c1cc2c(-c3ccncc3)nn(C(c3ccccc3)(c3ccccc3)c3ccccc3)c2cc1[N+](=O)[O-])c1ccccc1.O=C(O)/C=C/c1cc2c(-c3ccncc3)nn(C(c3ccccc3)(c3ccccc3)c3ccccc3)c2cc1[N+](=O)[O-]. The van der Waals surface area contributed by atoms with E-state index in [4.69, 9.17) is 15.9 Å². The van der Waals surface area contributed by atoms with Gasteiger partial charge in [0.2, 0.25) is 5.91 Å². The van der Waals surface area contributed by atoms with Crippen LogP contribution in [0.4, 0.5) is 11.4 Å². The second-order valence-corrected chi connectivity index (χ2v) is 23.8. The molecule has 1 amide bonds. The lowest BCUT2D eigenvalue weighted by Gasteiger charge is -2.37. The van der Waals surface area contributed by atoms with Gasteiger partial charge >= 0.3 is 5.97 Å². The number of nitro benzene ring substituents is 2. The summed E-state index contributed by atoms with van der Waals surface area (Å²) in [4.78, 5) is 56.9. The Morgan fingerprint density at radius 2 is 0.743 bits per heavy atom.